The van der Waals surface area contributed by atoms with Crippen LogP contribution in [0.1, 0.15) is 24.8 Å². The standard InChI is InChI=1S/C14H22N2/c1-2-5-13(6-3-1)7-4-10-15-11-12-16-14-8-9-14/h1-3,5-6,14-16H,4,7-12H2. The van der Waals surface area contributed by atoms with E-state index in [4.69, 9.17) is 0 Å². The molecule has 0 unspecified atom stereocenters. The Bertz CT molecular complexity index is 280. The van der Waals surface area contributed by atoms with Crippen LogP contribution >= 0.6 is 0 Å². The molecule has 0 amide bonds. The molecule has 0 bridgehead atoms. The molecule has 2 heteroatoms. The topological polar surface area (TPSA) is 24.1 Å². The molecule has 2 nitrogen and oxygen atoms in total. The van der Waals surface area contributed by atoms with Gasteiger partial charge in [0, 0.05) is 19.1 Å². The van der Waals surface area contributed by atoms with Crippen LogP contribution in [-0.2, 0) is 6.42 Å². The van der Waals surface area contributed by atoms with Gasteiger partial charge in [0.15, 0.2) is 0 Å². The van der Waals surface area contributed by atoms with Crippen molar-refractivity contribution in [3.8, 4) is 0 Å². The summed E-state index contributed by atoms with van der Waals surface area (Å²) in [4.78, 5) is 0. The van der Waals surface area contributed by atoms with Crippen LogP contribution < -0.4 is 10.6 Å². The van der Waals surface area contributed by atoms with Gasteiger partial charge in [-0.25, -0.2) is 0 Å². The monoisotopic (exact) mass is 218 g/mol. The maximum absolute atomic E-state index is 3.50. The molecule has 1 aliphatic carbocycles. The van der Waals surface area contributed by atoms with Crippen LogP contribution in [0, 0.1) is 0 Å². The van der Waals surface area contributed by atoms with Crippen LogP contribution in [0.2, 0.25) is 0 Å². The summed E-state index contributed by atoms with van der Waals surface area (Å²) in [7, 11) is 0. The average Bonchev–Trinajstić information content (AvgIpc) is 3.13. The van der Waals surface area contributed by atoms with Crippen molar-refractivity contribution in [2.75, 3.05) is 19.6 Å². The molecule has 1 fully saturated rings. The van der Waals surface area contributed by atoms with Crippen molar-refractivity contribution in [2.45, 2.75) is 31.7 Å². The van der Waals surface area contributed by atoms with Gasteiger partial charge in [-0.2, -0.15) is 0 Å². The van der Waals surface area contributed by atoms with E-state index in [0.29, 0.717) is 0 Å². The summed E-state index contributed by atoms with van der Waals surface area (Å²) in [5.41, 5.74) is 1.44. The van der Waals surface area contributed by atoms with Gasteiger partial charge >= 0.3 is 0 Å². The second-order valence-corrected chi connectivity index (χ2v) is 4.57. The maximum atomic E-state index is 3.50. The van der Waals surface area contributed by atoms with Gasteiger partial charge in [0.25, 0.3) is 0 Å². The first-order valence-electron chi connectivity index (χ1n) is 6.43. The smallest absolute Gasteiger partial charge is 0.00793 e. The van der Waals surface area contributed by atoms with Gasteiger partial charge in [-0.1, -0.05) is 30.3 Å². The van der Waals surface area contributed by atoms with Gasteiger partial charge in [0.05, 0.1) is 0 Å². The van der Waals surface area contributed by atoms with Crippen LogP contribution in [0.5, 0.6) is 0 Å². The van der Waals surface area contributed by atoms with Crippen molar-refractivity contribution in [3.63, 3.8) is 0 Å². The van der Waals surface area contributed by atoms with E-state index < -0.39 is 0 Å². The van der Waals surface area contributed by atoms with Crippen molar-refractivity contribution in [1.29, 1.82) is 0 Å². The number of rotatable bonds is 8. The molecule has 0 heterocycles. The predicted molar refractivity (Wildman–Crippen MR) is 68.7 cm³/mol. The van der Waals surface area contributed by atoms with E-state index in [9.17, 15) is 0 Å². The van der Waals surface area contributed by atoms with Crippen LogP contribution in [0.4, 0.5) is 0 Å². The molecule has 0 saturated heterocycles. The molecular formula is C14H22N2. The zero-order valence-corrected chi connectivity index (χ0v) is 9.91. The summed E-state index contributed by atoms with van der Waals surface area (Å²) in [5, 5.41) is 6.98. The minimum absolute atomic E-state index is 0.839. The molecule has 0 aromatic heterocycles. The van der Waals surface area contributed by atoms with Crippen molar-refractivity contribution >= 4 is 0 Å². The fourth-order valence-electron chi connectivity index (χ4n) is 1.84. The summed E-state index contributed by atoms with van der Waals surface area (Å²) in [6, 6.07) is 11.5. The number of nitrogens with one attached hydrogen (secondary N) is 2. The summed E-state index contributed by atoms with van der Waals surface area (Å²) in [6.07, 6.45) is 5.18. The first-order chi connectivity index (χ1) is 7.95. The van der Waals surface area contributed by atoms with E-state index in [1.165, 1.54) is 31.2 Å². The van der Waals surface area contributed by atoms with Crippen LogP contribution in [0.15, 0.2) is 30.3 Å². The van der Waals surface area contributed by atoms with Crippen molar-refractivity contribution < 1.29 is 0 Å². The normalized spacial score (nSPS) is 15.2. The van der Waals surface area contributed by atoms with Crippen molar-refractivity contribution in [2.24, 2.45) is 0 Å². The SMILES string of the molecule is c1ccc(CCCNCCNC2CC2)cc1. The fourth-order valence-corrected chi connectivity index (χ4v) is 1.84. The Balaban J connectivity index is 1.42. The Kier molecular flexibility index (Phi) is 4.84. The van der Waals surface area contributed by atoms with Gasteiger partial charge in [0.1, 0.15) is 0 Å². The molecule has 1 saturated carbocycles. The number of benzene rings is 1. The predicted octanol–water partition coefficient (Wildman–Crippen LogP) is 1.96. The molecule has 0 spiro atoms. The number of hydrogen-bond acceptors (Lipinski definition) is 2. The Morgan fingerprint density at radius 3 is 2.56 bits per heavy atom. The van der Waals surface area contributed by atoms with Crippen molar-refractivity contribution in [1.82, 2.24) is 10.6 Å². The summed E-state index contributed by atoms with van der Waals surface area (Å²) < 4.78 is 0. The lowest BCUT2D eigenvalue weighted by Crippen LogP contribution is -2.29. The molecule has 16 heavy (non-hydrogen) atoms. The average molecular weight is 218 g/mol. The third-order valence-corrected chi connectivity index (χ3v) is 2.97. The minimum atomic E-state index is 0.839. The highest BCUT2D eigenvalue weighted by Gasteiger charge is 2.19. The van der Waals surface area contributed by atoms with E-state index in [2.05, 4.69) is 41.0 Å². The third kappa shape index (κ3) is 4.77. The van der Waals surface area contributed by atoms with Gasteiger partial charge in [0.2, 0.25) is 0 Å². The summed E-state index contributed by atoms with van der Waals surface area (Å²) in [6.45, 7) is 3.35. The first-order valence-corrected chi connectivity index (χ1v) is 6.43. The number of hydrogen-bond donors (Lipinski definition) is 2. The molecule has 1 aromatic rings. The van der Waals surface area contributed by atoms with Crippen molar-refractivity contribution in [3.05, 3.63) is 35.9 Å². The Labute approximate surface area is 98.4 Å². The van der Waals surface area contributed by atoms with E-state index in [1.807, 2.05) is 0 Å². The molecule has 0 aliphatic heterocycles. The largest absolute Gasteiger partial charge is 0.315 e. The quantitative estimate of drug-likeness (QED) is 0.652. The summed E-state index contributed by atoms with van der Waals surface area (Å²) in [5.74, 6) is 0. The highest BCUT2D eigenvalue weighted by molar-refractivity contribution is 5.14. The molecule has 1 aromatic carbocycles. The van der Waals surface area contributed by atoms with Gasteiger partial charge in [-0.05, 0) is 37.8 Å². The highest BCUT2D eigenvalue weighted by atomic mass is 15.0. The second kappa shape index (κ2) is 6.66. The van der Waals surface area contributed by atoms with Crippen LogP contribution in [-0.4, -0.2) is 25.7 Å². The maximum Gasteiger partial charge on any atom is 0.00793 e. The Morgan fingerprint density at radius 2 is 1.81 bits per heavy atom. The molecule has 2 rings (SSSR count). The molecule has 0 atom stereocenters. The minimum Gasteiger partial charge on any atom is -0.315 e. The van der Waals surface area contributed by atoms with Gasteiger partial charge < -0.3 is 10.6 Å². The Hall–Kier alpha value is -0.860. The lowest BCUT2D eigenvalue weighted by Gasteiger charge is -2.05. The van der Waals surface area contributed by atoms with Crippen LogP contribution in [0.25, 0.3) is 0 Å². The second-order valence-electron chi connectivity index (χ2n) is 4.57. The zero-order chi connectivity index (χ0) is 11.1. The molecule has 88 valence electrons. The first kappa shape index (κ1) is 11.6. The third-order valence-electron chi connectivity index (χ3n) is 2.97. The van der Waals surface area contributed by atoms with E-state index in [0.717, 1.165) is 25.7 Å². The summed E-state index contributed by atoms with van der Waals surface area (Å²) >= 11 is 0. The molecule has 1 aliphatic rings. The van der Waals surface area contributed by atoms with E-state index in [1.54, 1.807) is 0 Å². The highest BCUT2D eigenvalue weighted by Crippen LogP contribution is 2.17. The van der Waals surface area contributed by atoms with Gasteiger partial charge in [-0.15, -0.1) is 0 Å². The molecular weight excluding hydrogens is 196 g/mol. The zero-order valence-electron chi connectivity index (χ0n) is 9.91. The Morgan fingerprint density at radius 1 is 1.00 bits per heavy atom. The van der Waals surface area contributed by atoms with Gasteiger partial charge in [-0.3, -0.25) is 0 Å². The lowest BCUT2D eigenvalue weighted by atomic mass is 10.1. The number of aryl methyl sites for hydroxylation is 1. The molecule has 0 radical (unpaired) electrons. The van der Waals surface area contributed by atoms with E-state index in [-0.39, 0.29) is 0 Å². The fraction of sp³-hybridized carbons (Fsp3) is 0.571. The van der Waals surface area contributed by atoms with Crippen LogP contribution in [0.3, 0.4) is 0 Å². The van der Waals surface area contributed by atoms with E-state index >= 15 is 0 Å². The lowest BCUT2D eigenvalue weighted by molar-refractivity contribution is 0.594. The molecule has 2 N–H and O–H groups in total.